The lowest BCUT2D eigenvalue weighted by atomic mass is 9.85. The Kier molecular flexibility index (Phi) is 3.72. The van der Waals surface area contributed by atoms with E-state index in [1.54, 1.807) is 13.0 Å². The van der Waals surface area contributed by atoms with Gasteiger partial charge in [-0.05, 0) is 31.6 Å². The van der Waals surface area contributed by atoms with E-state index in [2.05, 4.69) is 33.8 Å². The van der Waals surface area contributed by atoms with Crippen LogP contribution in [0.2, 0.25) is 0 Å². The van der Waals surface area contributed by atoms with E-state index in [0.29, 0.717) is 11.5 Å². The summed E-state index contributed by atoms with van der Waals surface area (Å²) < 4.78 is 39.9. The van der Waals surface area contributed by atoms with Crippen LogP contribution in [-0.4, -0.2) is 32.7 Å². The van der Waals surface area contributed by atoms with Crippen molar-refractivity contribution >= 4 is 11.6 Å². The third-order valence-electron chi connectivity index (χ3n) is 4.34. The maximum Gasteiger partial charge on any atom is 0.453 e. The van der Waals surface area contributed by atoms with Gasteiger partial charge >= 0.3 is 6.18 Å². The predicted molar refractivity (Wildman–Crippen MR) is 80.4 cm³/mol. The second kappa shape index (κ2) is 5.35. The van der Waals surface area contributed by atoms with E-state index < -0.39 is 12.0 Å². The molecule has 126 valence electrons. The lowest BCUT2D eigenvalue weighted by Crippen LogP contribution is -2.27. The molecule has 0 aliphatic carbocycles. The highest BCUT2D eigenvalue weighted by atomic mass is 19.4. The van der Waals surface area contributed by atoms with Gasteiger partial charge in [0.1, 0.15) is 5.82 Å². The number of fused-ring (bicyclic) bond motifs is 1. The fourth-order valence-electron chi connectivity index (χ4n) is 2.97. The van der Waals surface area contributed by atoms with Crippen LogP contribution in [0.5, 0.6) is 0 Å². The van der Waals surface area contributed by atoms with Crippen molar-refractivity contribution < 1.29 is 13.2 Å². The van der Waals surface area contributed by atoms with Crippen LogP contribution >= 0.6 is 0 Å². The molecule has 0 aromatic carbocycles. The summed E-state index contributed by atoms with van der Waals surface area (Å²) in [5.41, 5.74) is 0.882. The SMILES string of the molecule is Cc1cc(N2CCCC(C)(C)CC2)n2nc(C(F)(F)F)nc2n1. The third-order valence-corrected chi connectivity index (χ3v) is 4.34. The lowest BCUT2D eigenvalue weighted by molar-refractivity contribution is -0.144. The highest BCUT2D eigenvalue weighted by molar-refractivity contribution is 5.48. The molecule has 0 bridgehead atoms. The Morgan fingerprint density at radius 3 is 2.57 bits per heavy atom. The Morgan fingerprint density at radius 1 is 1.13 bits per heavy atom. The molecule has 1 aliphatic rings. The number of aryl methyl sites for hydroxylation is 1. The van der Waals surface area contributed by atoms with Crippen LogP contribution in [-0.2, 0) is 6.18 Å². The minimum atomic E-state index is -4.57. The van der Waals surface area contributed by atoms with Crippen LogP contribution < -0.4 is 4.90 Å². The first-order valence-electron chi connectivity index (χ1n) is 7.72. The summed E-state index contributed by atoms with van der Waals surface area (Å²) in [4.78, 5) is 9.71. The Morgan fingerprint density at radius 2 is 1.87 bits per heavy atom. The van der Waals surface area contributed by atoms with Gasteiger partial charge in [-0.1, -0.05) is 13.8 Å². The molecule has 0 spiro atoms. The van der Waals surface area contributed by atoms with Crippen molar-refractivity contribution in [1.82, 2.24) is 19.6 Å². The van der Waals surface area contributed by atoms with E-state index in [9.17, 15) is 13.2 Å². The molecule has 0 amide bonds. The second-order valence-corrected chi connectivity index (χ2v) is 6.91. The van der Waals surface area contributed by atoms with Gasteiger partial charge in [-0.15, -0.1) is 5.10 Å². The number of anilines is 1. The summed E-state index contributed by atoms with van der Waals surface area (Å²) in [6, 6.07) is 1.78. The largest absolute Gasteiger partial charge is 0.453 e. The minimum absolute atomic E-state index is 0.00386. The van der Waals surface area contributed by atoms with Gasteiger partial charge in [0.2, 0.25) is 0 Å². The molecule has 23 heavy (non-hydrogen) atoms. The molecule has 2 aromatic rings. The van der Waals surface area contributed by atoms with E-state index in [0.717, 1.165) is 32.4 Å². The van der Waals surface area contributed by atoms with Gasteiger partial charge in [0.25, 0.3) is 11.6 Å². The molecule has 3 rings (SSSR count). The fraction of sp³-hybridized carbons (Fsp3) is 0.667. The van der Waals surface area contributed by atoms with Gasteiger partial charge < -0.3 is 4.90 Å². The fourth-order valence-corrected chi connectivity index (χ4v) is 2.97. The molecule has 5 nitrogen and oxygen atoms in total. The maximum atomic E-state index is 12.9. The Hall–Kier alpha value is -1.86. The van der Waals surface area contributed by atoms with Crippen LogP contribution in [0.1, 0.15) is 44.6 Å². The van der Waals surface area contributed by atoms with Crippen molar-refractivity contribution in [3.05, 3.63) is 17.6 Å². The van der Waals surface area contributed by atoms with E-state index >= 15 is 0 Å². The van der Waals surface area contributed by atoms with E-state index in [-0.39, 0.29) is 11.2 Å². The summed E-state index contributed by atoms with van der Waals surface area (Å²) in [7, 11) is 0. The zero-order valence-corrected chi connectivity index (χ0v) is 13.5. The van der Waals surface area contributed by atoms with Gasteiger partial charge in [-0.3, -0.25) is 0 Å². The zero-order valence-electron chi connectivity index (χ0n) is 13.5. The van der Waals surface area contributed by atoms with Gasteiger partial charge in [0.15, 0.2) is 0 Å². The number of nitrogens with zero attached hydrogens (tertiary/aromatic N) is 5. The Labute approximate surface area is 132 Å². The number of hydrogen-bond acceptors (Lipinski definition) is 4. The average molecular weight is 327 g/mol. The first-order chi connectivity index (χ1) is 10.7. The molecule has 1 fully saturated rings. The summed E-state index contributed by atoms with van der Waals surface area (Å²) in [5.74, 6) is -0.518. The van der Waals surface area contributed by atoms with Crippen LogP contribution in [0.4, 0.5) is 19.0 Å². The highest BCUT2D eigenvalue weighted by Crippen LogP contribution is 2.32. The number of rotatable bonds is 1. The molecule has 1 aliphatic heterocycles. The van der Waals surface area contributed by atoms with Crippen LogP contribution in [0.25, 0.3) is 5.78 Å². The van der Waals surface area contributed by atoms with Gasteiger partial charge in [0, 0.05) is 24.8 Å². The van der Waals surface area contributed by atoms with Crippen molar-refractivity contribution in [2.45, 2.75) is 46.2 Å². The van der Waals surface area contributed by atoms with Gasteiger partial charge in [0.05, 0.1) is 0 Å². The molecular formula is C15H20F3N5. The molecule has 0 N–H and O–H groups in total. The van der Waals surface area contributed by atoms with Crippen molar-refractivity contribution in [1.29, 1.82) is 0 Å². The Bertz CT molecular complexity index is 720. The molecule has 3 heterocycles. The smallest absolute Gasteiger partial charge is 0.356 e. The zero-order chi connectivity index (χ0) is 16.8. The van der Waals surface area contributed by atoms with Crippen molar-refractivity contribution in [3.8, 4) is 0 Å². The first kappa shape index (κ1) is 16.0. The molecule has 0 atom stereocenters. The molecular weight excluding hydrogens is 307 g/mol. The average Bonchev–Trinajstić information content (AvgIpc) is 2.77. The summed E-state index contributed by atoms with van der Waals surface area (Å²) >= 11 is 0. The molecule has 8 heteroatoms. The summed E-state index contributed by atoms with van der Waals surface area (Å²) in [5, 5.41) is 3.64. The summed E-state index contributed by atoms with van der Waals surface area (Å²) in [6.07, 6.45) is -1.49. The molecule has 1 saturated heterocycles. The van der Waals surface area contributed by atoms with Crippen LogP contribution in [0.3, 0.4) is 0 Å². The number of aromatic nitrogens is 4. The molecule has 0 unspecified atom stereocenters. The van der Waals surface area contributed by atoms with E-state index in [4.69, 9.17) is 0 Å². The quantitative estimate of drug-likeness (QED) is 0.805. The molecule has 0 radical (unpaired) electrons. The molecule has 2 aromatic heterocycles. The standard InChI is InChI=1S/C15H20F3N5/c1-10-9-11(22-7-4-5-14(2,3)6-8-22)23-13(19-10)20-12(21-23)15(16,17)18/h9H,4-8H2,1-3H3. The van der Waals surface area contributed by atoms with Crippen molar-refractivity contribution in [3.63, 3.8) is 0 Å². The van der Waals surface area contributed by atoms with E-state index in [1.807, 2.05) is 0 Å². The van der Waals surface area contributed by atoms with Crippen molar-refractivity contribution in [2.24, 2.45) is 5.41 Å². The van der Waals surface area contributed by atoms with Crippen LogP contribution in [0, 0.1) is 12.3 Å². The van der Waals surface area contributed by atoms with Crippen molar-refractivity contribution in [2.75, 3.05) is 18.0 Å². The number of hydrogen-bond donors (Lipinski definition) is 0. The first-order valence-corrected chi connectivity index (χ1v) is 7.72. The van der Waals surface area contributed by atoms with Gasteiger partial charge in [-0.25, -0.2) is 4.98 Å². The third kappa shape index (κ3) is 3.25. The maximum absolute atomic E-state index is 12.9. The van der Waals surface area contributed by atoms with Gasteiger partial charge in [-0.2, -0.15) is 22.7 Å². The summed E-state index contributed by atoms with van der Waals surface area (Å²) in [6.45, 7) is 7.78. The monoisotopic (exact) mass is 327 g/mol. The highest BCUT2D eigenvalue weighted by Gasteiger charge is 2.37. The Balaban J connectivity index is 2.04. The predicted octanol–water partition coefficient (Wildman–Crippen LogP) is 3.47. The lowest BCUT2D eigenvalue weighted by Gasteiger charge is -2.25. The molecule has 0 saturated carbocycles. The normalized spacial score (nSPS) is 19.1. The topological polar surface area (TPSA) is 46.3 Å². The number of halogens is 3. The van der Waals surface area contributed by atoms with E-state index in [1.165, 1.54) is 4.52 Å². The van der Waals surface area contributed by atoms with Crippen LogP contribution in [0.15, 0.2) is 6.07 Å². The second-order valence-electron chi connectivity index (χ2n) is 6.91. The minimum Gasteiger partial charge on any atom is -0.356 e. The number of alkyl halides is 3.